The summed E-state index contributed by atoms with van der Waals surface area (Å²) in [6.45, 7) is 0. The van der Waals surface area contributed by atoms with Gasteiger partial charge in [0.25, 0.3) is 0 Å². The summed E-state index contributed by atoms with van der Waals surface area (Å²) in [5.74, 6) is -0.194. The van der Waals surface area contributed by atoms with Crippen molar-refractivity contribution in [3.05, 3.63) is 53.1 Å². The number of urea groups is 1. The zero-order valence-electron chi connectivity index (χ0n) is 11.3. The Labute approximate surface area is 140 Å². The number of aromatic hydroxyl groups is 1. The Morgan fingerprint density at radius 1 is 1.22 bits per heavy atom. The van der Waals surface area contributed by atoms with Crippen molar-refractivity contribution in [2.75, 3.05) is 9.62 Å². The largest absolute Gasteiger partial charge is 0.506 e. The smallest absolute Gasteiger partial charge is 0.418 e. The number of alkyl halides is 3. The van der Waals surface area contributed by atoms with Gasteiger partial charge in [-0.1, -0.05) is 36.5 Å². The van der Waals surface area contributed by atoms with E-state index in [9.17, 15) is 23.1 Å². The van der Waals surface area contributed by atoms with E-state index in [4.69, 9.17) is 11.6 Å². The average molecular weight is 363 g/mol. The van der Waals surface area contributed by atoms with Gasteiger partial charge in [0, 0.05) is 0 Å². The van der Waals surface area contributed by atoms with Crippen LogP contribution in [0, 0.1) is 0 Å². The lowest BCUT2D eigenvalue weighted by Gasteiger charge is -2.19. The second-order valence-electron chi connectivity index (χ2n) is 4.42. The van der Waals surface area contributed by atoms with Gasteiger partial charge >= 0.3 is 12.2 Å². The SMILES string of the molecule is O=C(Nc1ccccc1C(F)(F)F)N(S)c1ccc(O)c(Cl)c1. The van der Waals surface area contributed by atoms with E-state index in [0.717, 1.165) is 16.4 Å². The van der Waals surface area contributed by atoms with Gasteiger partial charge in [0.15, 0.2) is 0 Å². The molecule has 0 bridgehead atoms. The Hall–Kier alpha value is -2.06. The van der Waals surface area contributed by atoms with Crippen LogP contribution in [0.2, 0.25) is 5.02 Å². The fourth-order valence-electron chi connectivity index (χ4n) is 1.75. The van der Waals surface area contributed by atoms with Gasteiger partial charge in [0.2, 0.25) is 0 Å². The molecule has 0 saturated heterocycles. The van der Waals surface area contributed by atoms with Gasteiger partial charge in [-0.3, -0.25) is 0 Å². The van der Waals surface area contributed by atoms with Crippen molar-refractivity contribution in [3.63, 3.8) is 0 Å². The van der Waals surface area contributed by atoms with Gasteiger partial charge in [-0.2, -0.15) is 13.2 Å². The summed E-state index contributed by atoms with van der Waals surface area (Å²) in [4.78, 5) is 12.1. The lowest BCUT2D eigenvalue weighted by molar-refractivity contribution is -0.136. The molecule has 0 heterocycles. The highest BCUT2D eigenvalue weighted by Gasteiger charge is 2.33. The van der Waals surface area contributed by atoms with Crippen LogP contribution in [0.15, 0.2) is 42.5 Å². The number of anilines is 2. The van der Waals surface area contributed by atoms with Crippen LogP contribution in [0.25, 0.3) is 0 Å². The van der Waals surface area contributed by atoms with Crippen molar-refractivity contribution in [2.24, 2.45) is 0 Å². The van der Waals surface area contributed by atoms with Crippen molar-refractivity contribution in [3.8, 4) is 5.75 Å². The molecule has 2 aromatic carbocycles. The second-order valence-corrected chi connectivity index (χ2v) is 5.23. The van der Waals surface area contributed by atoms with E-state index in [-0.39, 0.29) is 16.5 Å². The Morgan fingerprint density at radius 2 is 1.87 bits per heavy atom. The van der Waals surface area contributed by atoms with Gasteiger partial charge in [-0.25, -0.2) is 9.10 Å². The molecular formula is C14H10ClF3N2O2S. The third-order valence-corrected chi connectivity index (χ3v) is 3.56. The number of nitrogens with one attached hydrogen (secondary N) is 1. The maximum absolute atomic E-state index is 12.9. The lowest BCUT2D eigenvalue weighted by atomic mass is 10.1. The number of nitrogens with zero attached hydrogens (tertiary/aromatic N) is 1. The van der Waals surface area contributed by atoms with Crippen LogP contribution in [-0.4, -0.2) is 11.1 Å². The van der Waals surface area contributed by atoms with Crippen molar-refractivity contribution >= 4 is 41.8 Å². The number of thiol groups is 1. The van der Waals surface area contributed by atoms with E-state index in [1.165, 1.54) is 30.3 Å². The predicted molar refractivity (Wildman–Crippen MR) is 85.0 cm³/mol. The Bertz CT molecular complexity index is 740. The quantitative estimate of drug-likeness (QED) is 0.662. The number of phenolic OH excluding ortho intramolecular Hbond substituents is 1. The van der Waals surface area contributed by atoms with Crippen molar-refractivity contribution in [1.29, 1.82) is 0 Å². The summed E-state index contributed by atoms with van der Waals surface area (Å²) >= 11 is 9.65. The van der Waals surface area contributed by atoms with E-state index >= 15 is 0 Å². The molecule has 0 saturated carbocycles. The fourth-order valence-corrected chi connectivity index (χ4v) is 2.10. The van der Waals surface area contributed by atoms with E-state index in [2.05, 4.69) is 18.1 Å². The Morgan fingerprint density at radius 3 is 2.48 bits per heavy atom. The minimum absolute atomic E-state index is 0.0231. The summed E-state index contributed by atoms with van der Waals surface area (Å²) in [5.41, 5.74) is -1.19. The minimum Gasteiger partial charge on any atom is -0.506 e. The maximum atomic E-state index is 12.9. The first kappa shape index (κ1) is 17.3. The number of rotatable bonds is 2. The average Bonchev–Trinajstić information content (AvgIpc) is 2.48. The van der Waals surface area contributed by atoms with E-state index in [0.29, 0.717) is 0 Å². The summed E-state index contributed by atoms with van der Waals surface area (Å²) in [6.07, 6.45) is -4.60. The monoisotopic (exact) mass is 362 g/mol. The first-order chi connectivity index (χ1) is 10.7. The molecule has 122 valence electrons. The molecule has 4 nitrogen and oxygen atoms in total. The highest BCUT2D eigenvalue weighted by Crippen LogP contribution is 2.35. The number of halogens is 4. The van der Waals surface area contributed by atoms with Gasteiger partial charge in [0.05, 0.1) is 22.0 Å². The van der Waals surface area contributed by atoms with Crippen LogP contribution < -0.4 is 9.62 Å². The fraction of sp³-hybridized carbons (Fsp3) is 0.0714. The highest BCUT2D eigenvalue weighted by molar-refractivity contribution is 7.82. The van der Waals surface area contributed by atoms with Gasteiger partial charge in [0.1, 0.15) is 5.75 Å². The molecule has 0 aliphatic heterocycles. The van der Waals surface area contributed by atoms with Gasteiger partial charge in [-0.15, -0.1) is 0 Å². The maximum Gasteiger partial charge on any atom is 0.418 e. The Balaban J connectivity index is 2.24. The third-order valence-electron chi connectivity index (χ3n) is 2.84. The zero-order valence-corrected chi connectivity index (χ0v) is 13.0. The first-order valence-corrected chi connectivity index (χ1v) is 6.92. The summed E-state index contributed by atoms with van der Waals surface area (Å²) in [7, 11) is 0. The number of hydrogen-bond acceptors (Lipinski definition) is 3. The molecule has 23 heavy (non-hydrogen) atoms. The van der Waals surface area contributed by atoms with E-state index in [1.807, 2.05) is 0 Å². The molecule has 9 heteroatoms. The molecule has 0 unspecified atom stereocenters. The van der Waals surface area contributed by atoms with Crippen LogP contribution in [0.4, 0.5) is 29.3 Å². The summed E-state index contributed by atoms with van der Waals surface area (Å²) < 4.78 is 39.4. The molecule has 0 spiro atoms. The molecule has 0 fully saturated rings. The molecule has 2 rings (SSSR count). The molecule has 0 aliphatic rings. The first-order valence-electron chi connectivity index (χ1n) is 6.15. The number of carbonyl (C=O) groups is 1. The van der Waals surface area contributed by atoms with Crippen molar-refractivity contribution < 1.29 is 23.1 Å². The molecule has 0 radical (unpaired) electrons. The zero-order chi connectivity index (χ0) is 17.2. The van der Waals surface area contributed by atoms with Crippen LogP contribution in [0.5, 0.6) is 5.75 Å². The number of benzene rings is 2. The van der Waals surface area contributed by atoms with Crippen LogP contribution in [0.3, 0.4) is 0 Å². The highest BCUT2D eigenvalue weighted by atomic mass is 35.5. The Kier molecular flexibility index (Phi) is 4.96. The molecule has 2 aromatic rings. The number of hydrogen-bond donors (Lipinski definition) is 3. The second kappa shape index (κ2) is 6.59. The normalized spacial score (nSPS) is 11.2. The van der Waals surface area contributed by atoms with Crippen LogP contribution in [-0.2, 0) is 6.18 Å². The topological polar surface area (TPSA) is 52.6 Å². The summed E-state index contributed by atoms with van der Waals surface area (Å²) in [6, 6.07) is 7.48. The van der Waals surface area contributed by atoms with E-state index < -0.39 is 23.5 Å². The van der Waals surface area contributed by atoms with Crippen LogP contribution >= 0.6 is 24.4 Å². The molecular weight excluding hydrogens is 353 g/mol. The molecule has 0 atom stereocenters. The van der Waals surface area contributed by atoms with Crippen molar-refractivity contribution in [2.45, 2.75) is 6.18 Å². The lowest BCUT2D eigenvalue weighted by Crippen LogP contribution is -2.28. The predicted octanol–water partition coefficient (Wildman–Crippen LogP) is 4.95. The standard InChI is InChI=1S/C14H10ClF3N2O2S/c15-10-7-8(5-6-12(10)21)20(23)13(22)19-11-4-2-1-3-9(11)14(16,17)18/h1-7,21,23H,(H,19,22). The molecule has 2 amide bonds. The summed E-state index contributed by atoms with van der Waals surface area (Å²) in [5, 5.41) is 11.4. The van der Waals surface area contributed by atoms with E-state index in [1.54, 1.807) is 0 Å². The van der Waals surface area contributed by atoms with Crippen LogP contribution in [0.1, 0.15) is 5.56 Å². The van der Waals surface area contributed by atoms with Crippen molar-refractivity contribution in [1.82, 2.24) is 0 Å². The number of carbonyl (C=O) groups excluding carboxylic acids is 1. The molecule has 0 aromatic heterocycles. The minimum atomic E-state index is -4.60. The van der Waals surface area contributed by atoms with Gasteiger partial charge in [-0.05, 0) is 30.3 Å². The van der Waals surface area contributed by atoms with Gasteiger partial charge < -0.3 is 10.4 Å². The molecule has 2 N–H and O–H groups in total. The number of phenols is 1. The number of para-hydroxylation sites is 1. The third kappa shape index (κ3) is 4.02. The molecule has 0 aliphatic carbocycles. The number of amides is 2.